The Bertz CT molecular complexity index is 565. The highest BCUT2D eigenvalue weighted by Gasteiger charge is 2.11. The van der Waals surface area contributed by atoms with E-state index in [1.165, 1.54) is 11.3 Å². The molecule has 3 nitrogen and oxygen atoms in total. The van der Waals surface area contributed by atoms with Crippen molar-refractivity contribution in [2.45, 2.75) is 6.92 Å². The molecule has 0 saturated heterocycles. The Kier molecular flexibility index (Phi) is 3.36. The minimum Gasteiger partial charge on any atom is -0.397 e. The quantitative estimate of drug-likeness (QED) is 0.817. The summed E-state index contributed by atoms with van der Waals surface area (Å²) in [6.45, 7) is 1.90. The van der Waals surface area contributed by atoms with Crippen molar-refractivity contribution in [1.29, 1.82) is 0 Å². The van der Waals surface area contributed by atoms with Gasteiger partial charge >= 0.3 is 0 Å². The number of hydrogen-bond donors (Lipinski definition) is 2. The molecule has 0 bridgehead atoms. The average Bonchev–Trinajstić information content (AvgIpc) is 2.70. The summed E-state index contributed by atoms with van der Waals surface area (Å²) < 4.78 is 0. The summed E-state index contributed by atoms with van der Waals surface area (Å²) in [6.07, 6.45) is 0. The molecule has 0 aliphatic heterocycles. The number of nitrogen functional groups attached to an aromatic ring is 1. The fraction of sp³-hybridized carbons (Fsp3) is 0.0833. The van der Waals surface area contributed by atoms with Crippen LogP contribution in [0.2, 0.25) is 5.02 Å². The lowest BCUT2D eigenvalue weighted by atomic mass is 10.2. The van der Waals surface area contributed by atoms with Crippen LogP contribution in [0.5, 0.6) is 0 Å². The van der Waals surface area contributed by atoms with E-state index in [1.807, 2.05) is 17.7 Å². The van der Waals surface area contributed by atoms with Gasteiger partial charge in [-0.15, -0.1) is 0 Å². The summed E-state index contributed by atoms with van der Waals surface area (Å²) in [5.41, 5.74) is 8.40. The van der Waals surface area contributed by atoms with Gasteiger partial charge in [0.05, 0.1) is 16.9 Å². The number of thiophene rings is 1. The molecule has 1 heterocycles. The Morgan fingerprint density at radius 2 is 2.18 bits per heavy atom. The molecule has 0 fully saturated rings. The molecule has 1 amide bonds. The van der Waals surface area contributed by atoms with Gasteiger partial charge in [-0.25, -0.2) is 0 Å². The standard InChI is InChI=1S/C12H11ClN2OS/c1-7-5-17-6-9(7)12(16)15-11-4-8(13)2-3-10(11)14/h2-6H,14H2,1H3,(H,15,16). The predicted molar refractivity (Wildman–Crippen MR) is 72.9 cm³/mol. The molecule has 17 heavy (non-hydrogen) atoms. The third-order valence-electron chi connectivity index (χ3n) is 2.36. The van der Waals surface area contributed by atoms with Crippen molar-refractivity contribution in [3.8, 4) is 0 Å². The van der Waals surface area contributed by atoms with E-state index in [2.05, 4.69) is 5.32 Å². The number of halogens is 1. The Hall–Kier alpha value is -1.52. The van der Waals surface area contributed by atoms with Crippen molar-refractivity contribution >= 4 is 40.2 Å². The van der Waals surface area contributed by atoms with Crippen LogP contribution in [0.25, 0.3) is 0 Å². The second-order valence-corrected chi connectivity index (χ2v) is 4.83. The first-order valence-corrected chi connectivity index (χ1v) is 6.29. The molecule has 0 saturated carbocycles. The minimum absolute atomic E-state index is 0.169. The summed E-state index contributed by atoms with van der Waals surface area (Å²) in [6, 6.07) is 4.98. The molecule has 0 radical (unpaired) electrons. The fourth-order valence-electron chi connectivity index (χ4n) is 1.42. The first-order valence-electron chi connectivity index (χ1n) is 4.97. The molecule has 1 aromatic carbocycles. The van der Waals surface area contributed by atoms with Crippen LogP contribution in [0.4, 0.5) is 11.4 Å². The van der Waals surface area contributed by atoms with Crippen LogP contribution in [-0.4, -0.2) is 5.91 Å². The molecule has 88 valence electrons. The number of hydrogen-bond acceptors (Lipinski definition) is 3. The van der Waals surface area contributed by atoms with Crippen molar-refractivity contribution in [3.63, 3.8) is 0 Å². The van der Waals surface area contributed by atoms with Crippen LogP contribution in [0.15, 0.2) is 29.0 Å². The van der Waals surface area contributed by atoms with Crippen molar-refractivity contribution in [3.05, 3.63) is 45.1 Å². The van der Waals surface area contributed by atoms with Crippen LogP contribution >= 0.6 is 22.9 Å². The Morgan fingerprint density at radius 3 is 2.82 bits per heavy atom. The number of anilines is 2. The average molecular weight is 267 g/mol. The van der Waals surface area contributed by atoms with E-state index < -0.39 is 0 Å². The van der Waals surface area contributed by atoms with Crippen molar-refractivity contribution in [1.82, 2.24) is 0 Å². The molecule has 5 heteroatoms. The largest absolute Gasteiger partial charge is 0.397 e. The molecule has 0 spiro atoms. The molecule has 0 unspecified atom stereocenters. The summed E-state index contributed by atoms with van der Waals surface area (Å²) in [5, 5.41) is 7.03. The van der Waals surface area contributed by atoms with E-state index in [9.17, 15) is 4.79 Å². The first-order chi connectivity index (χ1) is 8.08. The molecule has 2 aromatic rings. The Labute approximate surface area is 108 Å². The van der Waals surface area contributed by atoms with Gasteiger partial charge < -0.3 is 11.1 Å². The molecule has 0 aliphatic rings. The van der Waals surface area contributed by atoms with E-state index in [4.69, 9.17) is 17.3 Å². The Morgan fingerprint density at radius 1 is 1.41 bits per heavy atom. The maximum Gasteiger partial charge on any atom is 0.256 e. The second kappa shape index (κ2) is 4.77. The minimum atomic E-state index is -0.169. The smallest absolute Gasteiger partial charge is 0.256 e. The van der Waals surface area contributed by atoms with Gasteiger partial charge in [-0.3, -0.25) is 4.79 Å². The van der Waals surface area contributed by atoms with Crippen molar-refractivity contribution in [2.75, 3.05) is 11.1 Å². The van der Waals surface area contributed by atoms with E-state index in [-0.39, 0.29) is 5.91 Å². The van der Waals surface area contributed by atoms with Crippen molar-refractivity contribution in [2.24, 2.45) is 0 Å². The van der Waals surface area contributed by atoms with Crippen LogP contribution in [0.1, 0.15) is 15.9 Å². The SMILES string of the molecule is Cc1cscc1C(=O)Nc1cc(Cl)ccc1N. The lowest BCUT2D eigenvalue weighted by Crippen LogP contribution is -2.13. The van der Waals surface area contributed by atoms with E-state index in [1.54, 1.807) is 18.2 Å². The normalized spacial score (nSPS) is 10.2. The zero-order valence-electron chi connectivity index (χ0n) is 9.16. The lowest BCUT2D eigenvalue weighted by Gasteiger charge is -2.08. The Balaban J connectivity index is 2.24. The number of nitrogens with two attached hydrogens (primary N) is 1. The molecule has 2 rings (SSSR count). The maximum atomic E-state index is 12.0. The van der Waals surface area contributed by atoms with Gasteiger partial charge in [-0.05, 0) is 36.1 Å². The number of carbonyl (C=O) groups excluding carboxylic acids is 1. The molecule has 0 atom stereocenters. The maximum absolute atomic E-state index is 12.0. The first kappa shape index (κ1) is 12.0. The van der Waals surface area contributed by atoms with Gasteiger partial charge in [-0.2, -0.15) is 11.3 Å². The van der Waals surface area contributed by atoms with Crippen LogP contribution < -0.4 is 11.1 Å². The number of benzene rings is 1. The highest BCUT2D eigenvalue weighted by atomic mass is 35.5. The fourth-order valence-corrected chi connectivity index (χ4v) is 2.42. The second-order valence-electron chi connectivity index (χ2n) is 3.65. The lowest BCUT2D eigenvalue weighted by molar-refractivity contribution is 0.102. The van der Waals surface area contributed by atoms with Gasteiger partial charge in [0.25, 0.3) is 5.91 Å². The third-order valence-corrected chi connectivity index (χ3v) is 3.46. The molecule has 0 aliphatic carbocycles. The van der Waals surface area contributed by atoms with Crippen LogP contribution in [-0.2, 0) is 0 Å². The van der Waals surface area contributed by atoms with Gasteiger partial charge in [0.2, 0.25) is 0 Å². The molecular formula is C12H11ClN2OS. The van der Waals surface area contributed by atoms with Gasteiger partial charge in [0, 0.05) is 10.4 Å². The summed E-state index contributed by atoms with van der Waals surface area (Å²) in [7, 11) is 0. The van der Waals surface area contributed by atoms with Gasteiger partial charge in [0.1, 0.15) is 0 Å². The van der Waals surface area contributed by atoms with E-state index in [0.717, 1.165) is 5.56 Å². The number of carbonyl (C=O) groups is 1. The zero-order valence-corrected chi connectivity index (χ0v) is 10.7. The molecule has 1 aromatic heterocycles. The summed E-state index contributed by atoms with van der Waals surface area (Å²) >= 11 is 7.35. The van der Waals surface area contributed by atoms with Crippen LogP contribution in [0.3, 0.4) is 0 Å². The van der Waals surface area contributed by atoms with Crippen LogP contribution in [0, 0.1) is 6.92 Å². The predicted octanol–water partition coefficient (Wildman–Crippen LogP) is 3.54. The summed E-state index contributed by atoms with van der Waals surface area (Å²) in [5.74, 6) is -0.169. The number of amides is 1. The van der Waals surface area contributed by atoms with E-state index in [0.29, 0.717) is 22.0 Å². The van der Waals surface area contributed by atoms with Gasteiger partial charge in [-0.1, -0.05) is 11.6 Å². The van der Waals surface area contributed by atoms with Gasteiger partial charge in [0.15, 0.2) is 0 Å². The monoisotopic (exact) mass is 266 g/mol. The molecular weight excluding hydrogens is 256 g/mol. The number of nitrogens with one attached hydrogen (secondary N) is 1. The zero-order chi connectivity index (χ0) is 12.4. The van der Waals surface area contributed by atoms with E-state index >= 15 is 0 Å². The third kappa shape index (κ3) is 2.60. The topological polar surface area (TPSA) is 55.1 Å². The molecule has 3 N–H and O–H groups in total. The number of aryl methyl sites for hydroxylation is 1. The number of rotatable bonds is 2. The highest BCUT2D eigenvalue weighted by Crippen LogP contribution is 2.24. The highest BCUT2D eigenvalue weighted by molar-refractivity contribution is 7.08. The summed E-state index contributed by atoms with van der Waals surface area (Å²) in [4.78, 5) is 12.0. The van der Waals surface area contributed by atoms with Crippen molar-refractivity contribution < 1.29 is 4.79 Å².